The molecule has 1 amide bonds. The van der Waals surface area contributed by atoms with Crippen molar-refractivity contribution in [2.75, 3.05) is 7.05 Å². The number of hydrogen-bond acceptors (Lipinski definition) is 6. The molecule has 9 nitrogen and oxygen atoms in total. The Labute approximate surface area is 174 Å². The topological polar surface area (TPSA) is 125 Å². The van der Waals surface area contributed by atoms with Gasteiger partial charge in [-0.05, 0) is 30.3 Å². The maximum Gasteiger partial charge on any atom is 0.348 e. The fourth-order valence-electron chi connectivity index (χ4n) is 3.18. The number of aromatic amines is 1. The van der Waals surface area contributed by atoms with E-state index in [0.29, 0.717) is 5.76 Å². The van der Waals surface area contributed by atoms with E-state index in [4.69, 9.17) is 4.42 Å². The first-order valence-corrected chi connectivity index (χ1v) is 9.13. The fourth-order valence-corrected chi connectivity index (χ4v) is 3.18. The number of amides is 1. The second-order valence-electron chi connectivity index (χ2n) is 6.77. The predicted octanol–water partition coefficient (Wildman–Crippen LogP) is 2.64. The summed E-state index contributed by atoms with van der Waals surface area (Å²) in [4.78, 5) is 26.5. The highest BCUT2D eigenvalue weighted by atomic mass is 19.1. The molecule has 4 rings (SSSR count). The minimum Gasteiger partial charge on any atom is -0.507 e. The van der Waals surface area contributed by atoms with E-state index < -0.39 is 28.9 Å². The molecule has 0 aliphatic rings. The number of halogens is 1. The molecule has 0 spiro atoms. The Balaban J connectivity index is 1.79. The first-order valence-electron chi connectivity index (χ1n) is 9.13. The van der Waals surface area contributed by atoms with Gasteiger partial charge in [0.1, 0.15) is 23.1 Å². The van der Waals surface area contributed by atoms with Crippen LogP contribution in [0.1, 0.15) is 16.1 Å². The molecule has 3 N–H and O–H groups in total. The van der Waals surface area contributed by atoms with Gasteiger partial charge in [-0.1, -0.05) is 12.1 Å². The van der Waals surface area contributed by atoms with Gasteiger partial charge in [0, 0.05) is 13.1 Å². The van der Waals surface area contributed by atoms with E-state index in [-0.39, 0.29) is 29.2 Å². The van der Waals surface area contributed by atoms with E-state index in [9.17, 15) is 24.2 Å². The minimum absolute atomic E-state index is 0.0471. The largest absolute Gasteiger partial charge is 0.507 e. The number of aromatic nitrogens is 3. The van der Waals surface area contributed by atoms with Crippen LogP contribution in [0.25, 0.3) is 17.1 Å². The summed E-state index contributed by atoms with van der Waals surface area (Å²) in [6, 6.07) is 11.1. The van der Waals surface area contributed by atoms with Crippen LogP contribution in [0, 0.1) is 5.82 Å². The van der Waals surface area contributed by atoms with Crippen molar-refractivity contribution >= 4 is 5.91 Å². The number of furan rings is 1. The van der Waals surface area contributed by atoms with Crippen LogP contribution in [0.15, 0.2) is 64.0 Å². The van der Waals surface area contributed by atoms with Gasteiger partial charge in [0.05, 0.1) is 29.6 Å². The zero-order valence-electron chi connectivity index (χ0n) is 16.2. The average Bonchev–Trinajstić information content (AvgIpc) is 3.38. The van der Waals surface area contributed by atoms with Crippen molar-refractivity contribution in [3.63, 3.8) is 0 Å². The summed E-state index contributed by atoms with van der Waals surface area (Å²) >= 11 is 0. The van der Waals surface area contributed by atoms with Gasteiger partial charge < -0.3 is 19.5 Å². The van der Waals surface area contributed by atoms with Crippen molar-refractivity contribution in [3.05, 3.63) is 82.4 Å². The second kappa shape index (κ2) is 7.82. The molecule has 0 fully saturated rings. The van der Waals surface area contributed by atoms with E-state index in [1.54, 1.807) is 12.1 Å². The summed E-state index contributed by atoms with van der Waals surface area (Å²) < 4.78 is 20.5. The Morgan fingerprint density at radius 1 is 1.19 bits per heavy atom. The number of carbonyl (C=O) groups is 1. The van der Waals surface area contributed by atoms with Crippen LogP contribution in [0.3, 0.4) is 0 Å². The average molecular weight is 424 g/mol. The maximum atomic E-state index is 14.3. The van der Waals surface area contributed by atoms with Crippen molar-refractivity contribution in [2.24, 2.45) is 0 Å². The van der Waals surface area contributed by atoms with E-state index in [1.165, 1.54) is 48.5 Å². The SMILES string of the molecule is CN(Cc1ccco1)C(=O)c1cc(-c2n[nH]c(=O)n2-c2ccccc2F)c(O)cc1O. The second-order valence-corrected chi connectivity index (χ2v) is 6.77. The molecule has 0 aliphatic carbocycles. The first kappa shape index (κ1) is 20.0. The molecule has 10 heteroatoms. The maximum absolute atomic E-state index is 14.3. The number of nitrogens with zero attached hydrogens (tertiary/aromatic N) is 3. The smallest absolute Gasteiger partial charge is 0.348 e. The van der Waals surface area contributed by atoms with Gasteiger partial charge in [0.2, 0.25) is 0 Å². The number of H-pyrrole nitrogens is 1. The van der Waals surface area contributed by atoms with Crippen molar-refractivity contribution in [1.82, 2.24) is 19.7 Å². The van der Waals surface area contributed by atoms with Crippen LogP contribution in [0.5, 0.6) is 11.5 Å². The first-order chi connectivity index (χ1) is 14.9. The number of carbonyl (C=O) groups excluding carboxylic acids is 1. The molecule has 4 aromatic rings. The predicted molar refractivity (Wildman–Crippen MR) is 107 cm³/mol. The van der Waals surface area contributed by atoms with Crippen LogP contribution in [-0.2, 0) is 6.54 Å². The van der Waals surface area contributed by atoms with Crippen LogP contribution in [-0.4, -0.2) is 42.8 Å². The third-order valence-corrected chi connectivity index (χ3v) is 4.67. The Morgan fingerprint density at radius 3 is 2.68 bits per heavy atom. The molecular formula is C21H17FN4O5. The lowest BCUT2D eigenvalue weighted by Gasteiger charge is -2.17. The molecule has 0 aliphatic heterocycles. The molecule has 2 aromatic heterocycles. The minimum atomic E-state index is -0.740. The highest BCUT2D eigenvalue weighted by Crippen LogP contribution is 2.35. The zero-order chi connectivity index (χ0) is 22.1. The molecule has 0 atom stereocenters. The Kier molecular flexibility index (Phi) is 5.04. The summed E-state index contributed by atoms with van der Waals surface area (Å²) in [6.07, 6.45) is 1.48. The van der Waals surface area contributed by atoms with E-state index in [2.05, 4.69) is 10.2 Å². The normalized spacial score (nSPS) is 10.9. The van der Waals surface area contributed by atoms with Crippen molar-refractivity contribution in [2.45, 2.75) is 6.54 Å². The third-order valence-electron chi connectivity index (χ3n) is 4.67. The summed E-state index contributed by atoms with van der Waals surface area (Å²) in [5.74, 6) is -1.75. The molecule has 2 aromatic carbocycles. The van der Waals surface area contributed by atoms with Crippen LogP contribution in [0.4, 0.5) is 4.39 Å². The standard InChI is InChI=1S/C21H17FN4O5/c1-25(11-12-5-4-8-31-12)20(29)14-9-13(17(27)10-18(14)28)19-23-24-21(30)26(19)16-7-3-2-6-15(16)22/h2-10,27-28H,11H2,1H3,(H,24,30). The van der Waals surface area contributed by atoms with E-state index in [1.807, 2.05) is 0 Å². The van der Waals surface area contributed by atoms with E-state index >= 15 is 0 Å². The highest BCUT2D eigenvalue weighted by Gasteiger charge is 2.24. The number of nitrogens with one attached hydrogen (secondary N) is 1. The molecule has 0 unspecified atom stereocenters. The number of phenolic OH excluding ortho intramolecular Hbond substituents is 2. The van der Waals surface area contributed by atoms with Gasteiger partial charge in [-0.3, -0.25) is 4.79 Å². The zero-order valence-corrected chi connectivity index (χ0v) is 16.2. The van der Waals surface area contributed by atoms with Gasteiger partial charge in [0.15, 0.2) is 5.82 Å². The molecule has 158 valence electrons. The molecule has 0 saturated carbocycles. The quantitative estimate of drug-likeness (QED) is 0.452. The Bertz CT molecular complexity index is 1310. The fraction of sp³-hybridized carbons (Fsp3) is 0.0952. The van der Waals surface area contributed by atoms with Crippen LogP contribution < -0.4 is 5.69 Å². The molecule has 0 saturated heterocycles. The molecule has 2 heterocycles. The van der Waals surface area contributed by atoms with Gasteiger partial charge in [-0.25, -0.2) is 18.9 Å². The molecule has 0 bridgehead atoms. The Morgan fingerprint density at radius 2 is 1.97 bits per heavy atom. The summed E-state index contributed by atoms with van der Waals surface area (Å²) in [5.41, 5.74) is -1.02. The van der Waals surface area contributed by atoms with Gasteiger partial charge in [-0.15, -0.1) is 0 Å². The van der Waals surface area contributed by atoms with Crippen LogP contribution in [0.2, 0.25) is 0 Å². The number of rotatable bonds is 5. The lowest BCUT2D eigenvalue weighted by atomic mass is 10.1. The molecular weight excluding hydrogens is 407 g/mol. The van der Waals surface area contributed by atoms with E-state index in [0.717, 1.165) is 10.6 Å². The van der Waals surface area contributed by atoms with Crippen LogP contribution >= 0.6 is 0 Å². The highest BCUT2D eigenvalue weighted by molar-refractivity contribution is 5.98. The van der Waals surface area contributed by atoms with Crippen molar-refractivity contribution < 1.29 is 23.8 Å². The number of para-hydroxylation sites is 1. The third kappa shape index (κ3) is 3.66. The van der Waals surface area contributed by atoms with Gasteiger partial charge in [0.25, 0.3) is 5.91 Å². The number of hydrogen-bond donors (Lipinski definition) is 3. The summed E-state index contributed by atoms with van der Waals surface area (Å²) in [6.45, 7) is 0.143. The number of phenols is 2. The summed E-state index contributed by atoms with van der Waals surface area (Å²) in [7, 11) is 1.51. The van der Waals surface area contributed by atoms with Gasteiger partial charge in [-0.2, -0.15) is 5.10 Å². The number of benzene rings is 2. The van der Waals surface area contributed by atoms with Crippen molar-refractivity contribution in [1.29, 1.82) is 0 Å². The molecule has 31 heavy (non-hydrogen) atoms. The Hall–Kier alpha value is -4.34. The lowest BCUT2D eigenvalue weighted by molar-refractivity contribution is 0.0772. The summed E-state index contributed by atoms with van der Waals surface area (Å²) in [5, 5.41) is 26.7. The number of aromatic hydroxyl groups is 2. The monoisotopic (exact) mass is 424 g/mol. The van der Waals surface area contributed by atoms with Gasteiger partial charge >= 0.3 is 5.69 Å². The van der Waals surface area contributed by atoms with Crippen molar-refractivity contribution in [3.8, 4) is 28.6 Å². The lowest BCUT2D eigenvalue weighted by Crippen LogP contribution is -2.26. The molecule has 0 radical (unpaired) electrons.